The largest absolute Gasteiger partial charge is 0.496 e. The second-order valence-electron chi connectivity index (χ2n) is 2.51. The Balaban J connectivity index is 2.93. The average Bonchev–Trinajstić information content (AvgIpc) is 2.25. The molecule has 0 saturated carbocycles. The summed E-state index contributed by atoms with van der Waals surface area (Å²) in [5.41, 5.74) is 8.50. The highest BCUT2D eigenvalue weighted by atomic mass is 16.5. The second kappa shape index (κ2) is 4.89. The Hall–Kier alpha value is -2.00. The molecule has 1 aromatic rings. The standard InChI is InChI=1S/C9H9N3O2/c1-14-9-5-3-2-4-7(9)8(13)6-11-12-10/h2-5H,6H2,1H3. The molecule has 0 unspecified atom stereocenters. The fourth-order valence-electron chi connectivity index (χ4n) is 1.06. The van der Waals surface area contributed by atoms with E-state index in [1.807, 2.05) is 0 Å². The number of azide groups is 1. The molecule has 0 bridgehead atoms. The Labute approximate surface area is 80.9 Å². The van der Waals surface area contributed by atoms with Gasteiger partial charge in [-0.1, -0.05) is 17.2 Å². The van der Waals surface area contributed by atoms with Crippen LogP contribution in [0.1, 0.15) is 10.4 Å². The number of rotatable bonds is 4. The van der Waals surface area contributed by atoms with E-state index in [2.05, 4.69) is 10.0 Å². The van der Waals surface area contributed by atoms with Gasteiger partial charge in [0.2, 0.25) is 0 Å². The summed E-state index contributed by atoms with van der Waals surface area (Å²) in [5, 5.41) is 3.20. The van der Waals surface area contributed by atoms with E-state index in [1.54, 1.807) is 24.3 Å². The Bertz CT molecular complexity index is 383. The van der Waals surface area contributed by atoms with Crippen LogP contribution in [0.2, 0.25) is 0 Å². The van der Waals surface area contributed by atoms with E-state index in [9.17, 15) is 4.79 Å². The van der Waals surface area contributed by atoms with Crippen LogP contribution in [0.4, 0.5) is 0 Å². The Morgan fingerprint density at radius 3 is 2.93 bits per heavy atom. The summed E-state index contributed by atoms with van der Waals surface area (Å²) in [5.74, 6) is 0.242. The van der Waals surface area contributed by atoms with E-state index >= 15 is 0 Å². The summed E-state index contributed by atoms with van der Waals surface area (Å²) >= 11 is 0. The van der Waals surface area contributed by atoms with Gasteiger partial charge in [-0.3, -0.25) is 4.79 Å². The van der Waals surface area contributed by atoms with Crippen molar-refractivity contribution in [1.82, 2.24) is 0 Å². The van der Waals surface area contributed by atoms with E-state index in [0.717, 1.165) is 0 Å². The molecule has 0 aromatic heterocycles. The predicted molar refractivity (Wildman–Crippen MR) is 51.3 cm³/mol. The number of para-hydroxylation sites is 1. The van der Waals surface area contributed by atoms with Gasteiger partial charge < -0.3 is 4.74 Å². The van der Waals surface area contributed by atoms with Crippen LogP contribution in [0.3, 0.4) is 0 Å². The van der Waals surface area contributed by atoms with Gasteiger partial charge in [0.1, 0.15) is 5.75 Å². The molecule has 0 heterocycles. The topological polar surface area (TPSA) is 75.1 Å². The number of carbonyl (C=O) groups excluding carboxylic acids is 1. The van der Waals surface area contributed by atoms with Crippen molar-refractivity contribution >= 4 is 5.78 Å². The van der Waals surface area contributed by atoms with E-state index in [-0.39, 0.29) is 12.3 Å². The normalized spacial score (nSPS) is 8.93. The molecule has 0 amide bonds. The maximum atomic E-state index is 11.4. The number of nitrogens with zero attached hydrogens (tertiary/aromatic N) is 3. The lowest BCUT2D eigenvalue weighted by atomic mass is 10.1. The zero-order valence-corrected chi connectivity index (χ0v) is 7.67. The zero-order valence-electron chi connectivity index (χ0n) is 7.67. The van der Waals surface area contributed by atoms with Crippen LogP contribution in [0.5, 0.6) is 5.75 Å². The molecule has 0 radical (unpaired) electrons. The minimum atomic E-state index is -0.250. The molecule has 0 atom stereocenters. The predicted octanol–water partition coefficient (Wildman–Crippen LogP) is 2.19. The lowest BCUT2D eigenvalue weighted by Crippen LogP contribution is -2.04. The first-order chi connectivity index (χ1) is 6.79. The smallest absolute Gasteiger partial charge is 0.172 e. The van der Waals surface area contributed by atoms with Gasteiger partial charge in [0.15, 0.2) is 5.78 Å². The summed E-state index contributed by atoms with van der Waals surface area (Å²) in [6.45, 7) is -0.184. The molecule has 5 heteroatoms. The van der Waals surface area contributed by atoms with Gasteiger partial charge in [-0.15, -0.1) is 0 Å². The van der Waals surface area contributed by atoms with Crippen LogP contribution in [-0.2, 0) is 0 Å². The summed E-state index contributed by atoms with van der Waals surface area (Å²) in [6, 6.07) is 6.81. The fraction of sp³-hybridized carbons (Fsp3) is 0.222. The number of ketones is 1. The SMILES string of the molecule is COc1ccccc1C(=O)CN=[N+]=[N-]. The monoisotopic (exact) mass is 191 g/mol. The van der Waals surface area contributed by atoms with Crippen LogP contribution in [0.25, 0.3) is 10.4 Å². The number of carbonyl (C=O) groups is 1. The number of methoxy groups -OCH3 is 1. The minimum absolute atomic E-state index is 0.184. The molecule has 72 valence electrons. The maximum absolute atomic E-state index is 11.4. The zero-order chi connectivity index (χ0) is 10.4. The highest BCUT2D eigenvalue weighted by molar-refractivity contribution is 6.00. The van der Waals surface area contributed by atoms with Gasteiger partial charge in [-0.25, -0.2) is 0 Å². The molecular formula is C9H9N3O2. The molecule has 0 aliphatic rings. The molecule has 1 rings (SSSR count). The molecule has 1 aromatic carbocycles. The third-order valence-corrected chi connectivity index (χ3v) is 1.68. The molecule has 0 N–H and O–H groups in total. The summed E-state index contributed by atoms with van der Waals surface area (Å²) < 4.78 is 4.99. The van der Waals surface area contributed by atoms with Gasteiger partial charge >= 0.3 is 0 Å². The Kier molecular flexibility index (Phi) is 3.52. The molecular weight excluding hydrogens is 182 g/mol. The first-order valence-electron chi connectivity index (χ1n) is 3.96. The van der Waals surface area contributed by atoms with Crippen molar-refractivity contribution in [2.45, 2.75) is 0 Å². The molecule has 14 heavy (non-hydrogen) atoms. The van der Waals surface area contributed by atoms with Crippen molar-refractivity contribution in [3.05, 3.63) is 40.3 Å². The maximum Gasteiger partial charge on any atom is 0.172 e. The Morgan fingerprint density at radius 2 is 2.29 bits per heavy atom. The first-order valence-corrected chi connectivity index (χ1v) is 3.96. The van der Waals surface area contributed by atoms with Crippen molar-refractivity contribution in [1.29, 1.82) is 0 Å². The van der Waals surface area contributed by atoms with E-state index in [1.165, 1.54) is 7.11 Å². The van der Waals surface area contributed by atoms with E-state index in [0.29, 0.717) is 11.3 Å². The van der Waals surface area contributed by atoms with Crippen LogP contribution in [-0.4, -0.2) is 19.4 Å². The van der Waals surface area contributed by atoms with Crippen molar-refractivity contribution in [3.8, 4) is 5.75 Å². The second-order valence-corrected chi connectivity index (χ2v) is 2.51. The van der Waals surface area contributed by atoms with Gasteiger partial charge in [0, 0.05) is 4.91 Å². The van der Waals surface area contributed by atoms with Crippen molar-refractivity contribution < 1.29 is 9.53 Å². The number of Topliss-reactive ketones (excluding diaryl/α,β-unsaturated/α-hetero) is 1. The van der Waals surface area contributed by atoms with Gasteiger partial charge in [-0.05, 0) is 17.7 Å². The lowest BCUT2D eigenvalue weighted by Gasteiger charge is -2.04. The van der Waals surface area contributed by atoms with Crippen molar-refractivity contribution in [3.63, 3.8) is 0 Å². The van der Waals surface area contributed by atoms with Gasteiger partial charge in [0.05, 0.1) is 19.2 Å². The van der Waals surface area contributed by atoms with E-state index < -0.39 is 0 Å². The molecule has 0 aliphatic heterocycles. The molecule has 0 saturated heterocycles. The highest BCUT2D eigenvalue weighted by Crippen LogP contribution is 2.17. The van der Waals surface area contributed by atoms with Crippen LogP contribution >= 0.6 is 0 Å². The summed E-state index contributed by atoms with van der Waals surface area (Å²) in [7, 11) is 1.49. The lowest BCUT2D eigenvalue weighted by molar-refractivity contribution is 0.0998. The number of benzene rings is 1. The molecule has 0 fully saturated rings. The Morgan fingerprint density at radius 1 is 1.57 bits per heavy atom. The van der Waals surface area contributed by atoms with E-state index in [4.69, 9.17) is 10.3 Å². The minimum Gasteiger partial charge on any atom is -0.496 e. The third-order valence-electron chi connectivity index (χ3n) is 1.68. The molecule has 0 spiro atoms. The third kappa shape index (κ3) is 2.24. The highest BCUT2D eigenvalue weighted by Gasteiger charge is 2.09. The number of hydrogen-bond donors (Lipinski definition) is 0. The fourth-order valence-corrected chi connectivity index (χ4v) is 1.06. The quantitative estimate of drug-likeness (QED) is 0.316. The van der Waals surface area contributed by atoms with Crippen LogP contribution in [0.15, 0.2) is 29.4 Å². The van der Waals surface area contributed by atoms with Crippen molar-refractivity contribution in [2.24, 2.45) is 5.11 Å². The van der Waals surface area contributed by atoms with Crippen LogP contribution < -0.4 is 4.74 Å². The average molecular weight is 191 g/mol. The number of hydrogen-bond acceptors (Lipinski definition) is 3. The summed E-state index contributed by atoms with van der Waals surface area (Å²) in [6.07, 6.45) is 0. The molecule has 5 nitrogen and oxygen atoms in total. The molecule has 0 aliphatic carbocycles. The number of ether oxygens (including phenoxy) is 1. The summed E-state index contributed by atoms with van der Waals surface area (Å²) in [4.78, 5) is 14.0. The van der Waals surface area contributed by atoms with Crippen LogP contribution in [0, 0.1) is 0 Å². The first kappa shape index (κ1) is 10.1. The van der Waals surface area contributed by atoms with Gasteiger partial charge in [0.25, 0.3) is 0 Å². The van der Waals surface area contributed by atoms with Crippen molar-refractivity contribution in [2.75, 3.05) is 13.7 Å². The van der Waals surface area contributed by atoms with Gasteiger partial charge in [-0.2, -0.15) is 0 Å².